The van der Waals surface area contributed by atoms with Crippen LogP contribution in [0, 0.1) is 0 Å². The van der Waals surface area contributed by atoms with Gasteiger partial charge in [-0.25, -0.2) is 4.79 Å². The Morgan fingerprint density at radius 3 is 2.15 bits per heavy atom. The molecule has 0 bridgehead atoms. The van der Waals surface area contributed by atoms with E-state index in [1.54, 1.807) is 4.90 Å². The summed E-state index contributed by atoms with van der Waals surface area (Å²) in [6, 6.07) is 19.8. The molecule has 1 saturated carbocycles. The van der Waals surface area contributed by atoms with E-state index in [9.17, 15) is 9.59 Å². The van der Waals surface area contributed by atoms with Crippen LogP contribution in [-0.2, 0) is 9.53 Å². The number of nitrogens with zero attached hydrogens (tertiary/aromatic N) is 1. The third kappa shape index (κ3) is 3.57. The first-order valence-electron chi connectivity index (χ1n) is 9.07. The van der Waals surface area contributed by atoms with Gasteiger partial charge in [-0.05, 0) is 24.0 Å². The molecule has 0 aromatic heterocycles. The van der Waals surface area contributed by atoms with Gasteiger partial charge in [0.25, 0.3) is 0 Å². The fraction of sp³-hybridized carbons (Fsp3) is 0.333. The maximum atomic E-state index is 12.9. The molecule has 2 fully saturated rings. The quantitative estimate of drug-likeness (QED) is 0.871. The number of benzene rings is 2. The van der Waals surface area contributed by atoms with E-state index in [-0.39, 0.29) is 24.0 Å². The molecule has 5 heteroatoms. The van der Waals surface area contributed by atoms with Crippen molar-refractivity contribution in [2.45, 2.75) is 30.9 Å². The average Bonchev–Trinajstić information content (AvgIpc) is 3.45. The molecular weight excluding hydrogens is 328 g/mol. The fourth-order valence-electron chi connectivity index (χ4n) is 3.43. The largest absolute Gasteiger partial charge is 0.442 e. The van der Waals surface area contributed by atoms with Crippen LogP contribution in [0.5, 0.6) is 0 Å². The van der Waals surface area contributed by atoms with Crippen molar-refractivity contribution in [3.63, 3.8) is 0 Å². The zero-order valence-electron chi connectivity index (χ0n) is 14.5. The van der Waals surface area contributed by atoms with Crippen LogP contribution in [0.25, 0.3) is 0 Å². The first-order valence-corrected chi connectivity index (χ1v) is 9.07. The predicted octanol–water partition coefficient (Wildman–Crippen LogP) is 2.92. The van der Waals surface area contributed by atoms with Gasteiger partial charge < -0.3 is 15.0 Å². The standard InChI is InChI=1S/C21H22N2O3/c24-20(22-13-18-14-23(17-11-12-17)21(25)26-18)19(15-7-3-1-4-8-15)16-9-5-2-6-10-16/h1-10,17-19H,11-14H2,(H,22,24). The topological polar surface area (TPSA) is 58.6 Å². The summed E-state index contributed by atoms with van der Waals surface area (Å²) in [6.45, 7) is 0.898. The van der Waals surface area contributed by atoms with Crippen molar-refractivity contribution in [1.82, 2.24) is 10.2 Å². The molecular formula is C21H22N2O3. The second-order valence-corrected chi connectivity index (χ2v) is 6.89. The highest BCUT2D eigenvalue weighted by atomic mass is 16.6. The molecule has 2 aromatic carbocycles. The Bertz CT molecular complexity index is 735. The summed E-state index contributed by atoms with van der Waals surface area (Å²) in [6.07, 6.45) is 1.57. The molecule has 26 heavy (non-hydrogen) atoms. The number of cyclic esters (lactones) is 1. The third-order valence-corrected chi connectivity index (χ3v) is 4.92. The van der Waals surface area contributed by atoms with Gasteiger partial charge in [-0.3, -0.25) is 4.79 Å². The minimum Gasteiger partial charge on any atom is -0.442 e. The van der Waals surface area contributed by atoms with Crippen LogP contribution < -0.4 is 5.32 Å². The van der Waals surface area contributed by atoms with Gasteiger partial charge in [-0.15, -0.1) is 0 Å². The monoisotopic (exact) mass is 350 g/mol. The summed E-state index contributed by atoms with van der Waals surface area (Å²) >= 11 is 0. The maximum absolute atomic E-state index is 12.9. The van der Waals surface area contributed by atoms with Crippen LogP contribution in [0.15, 0.2) is 60.7 Å². The molecule has 5 nitrogen and oxygen atoms in total. The van der Waals surface area contributed by atoms with Crippen molar-refractivity contribution < 1.29 is 14.3 Å². The van der Waals surface area contributed by atoms with Crippen LogP contribution in [0.2, 0.25) is 0 Å². The van der Waals surface area contributed by atoms with E-state index >= 15 is 0 Å². The molecule has 1 heterocycles. The molecule has 1 atom stereocenters. The molecule has 0 spiro atoms. The number of carbonyl (C=O) groups is 2. The number of rotatable bonds is 6. The first-order chi connectivity index (χ1) is 12.7. The molecule has 0 radical (unpaired) electrons. The van der Waals surface area contributed by atoms with Gasteiger partial charge in [0.05, 0.1) is 19.0 Å². The van der Waals surface area contributed by atoms with E-state index in [4.69, 9.17) is 4.74 Å². The normalized spacial score (nSPS) is 19.5. The molecule has 2 aromatic rings. The number of nitrogens with one attached hydrogen (secondary N) is 1. The average molecular weight is 350 g/mol. The van der Waals surface area contributed by atoms with Crippen LogP contribution >= 0.6 is 0 Å². The first kappa shape index (κ1) is 16.6. The molecule has 1 unspecified atom stereocenters. The minimum atomic E-state index is -0.381. The van der Waals surface area contributed by atoms with Crippen LogP contribution in [-0.4, -0.2) is 42.1 Å². The Morgan fingerprint density at radius 2 is 1.62 bits per heavy atom. The van der Waals surface area contributed by atoms with Crippen molar-refractivity contribution in [3.8, 4) is 0 Å². The van der Waals surface area contributed by atoms with Gasteiger partial charge in [0.1, 0.15) is 6.10 Å². The Morgan fingerprint density at radius 1 is 1.04 bits per heavy atom. The Labute approximate surface area is 153 Å². The third-order valence-electron chi connectivity index (χ3n) is 4.92. The lowest BCUT2D eigenvalue weighted by molar-refractivity contribution is -0.122. The molecule has 134 valence electrons. The number of amides is 2. The lowest BCUT2D eigenvalue weighted by Crippen LogP contribution is -2.37. The van der Waals surface area contributed by atoms with Crippen molar-refractivity contribution in [3.05, 3.63) is 71.8 Å². The smallest absolute Gasteiger partial charge is 0.410 e. The zero-order chi connectivity index (χ0) is 17.9. The number of carbonyl (C=O) groups excluding carboxylic acids is 2. The summed E-state index contributed by atoms with van der Waals surface area (Å²) in [7, 11) is 0. The van der Waals surface area contributed by atoms with E-state index < -0.39 is 0 Å². The minimum absolute atomic E-state index is 0.0803. The number of hydrogen-bond donors (Lipinski definition) is 1. The molecule has 2 aliphatic rings. The highest BCUT2D eigenvalue weighted by Gasteiger charge is 2.41. The van der Waals surface area contributed by atoms with E-state index in [1.807, 2.05) is 60.7 Å². The lowest BCUT2D eigenvalue weighted by atomic mass is 9.90. The number of hydrogen-bond acceptors (Lipinski definition) is 3. The number of ether oxygens (including phenoxy) is 1. The second kappa shape index (κ2) is 7.20. The van der Waals surface area contributed by atoms with Gasteiger partial charge in [0, 0.05) is 6.04 Å². The Hall–Kier alpha value is -2.82. The molecule has 1 aliphatic heterocycles. The van der Waals surface area contributed by atoms with Gasteiger partial charge >= 0.3 is 6.09 Å². The highest BCUT2D eigenvalue weighted by molar-refractivity contribution is 5.87. The van der Waals surface area contributed by atoms with Crippen LogP contribution in [0.4, 0.5) is 4.79 Å². The van der Waals surface area contributed by atoms with Gasteiger partial charge in [-0.2, -0.15) is 0 Å². The van der Waals surface area contributed by atoms with E-state index in [1.165, 1.54) is 0 Å². The van der Waals surface area contributed by atoms with E-state index in [0.29, 0.717) is 19.1 Å². The molecule has 1 saturated heterocycles. The summed E-state index contributed by atoms with van der Waals surface area (Å²) in [5.41, 5.74) is 1.89. The predicted molar refractivity (Wildman–Crippen MR) is 97.7 cm³/mol. The molecule has 1 aliphatic carbocycles. The molecule has 4 rings (SSSR count). The van der Waals surface area contributed by atoms with Crippen LogP contribution in [0.3, 0.4) is 0 Å². The zero-order valence-corrected chi connectivity index (χ0v) is 14.5. The highest BCUT2D eigenvalue weighted by Crippen LogP contribution is 2.30. The van der Waals surface area contributed by atoms with Gasteiger partial charge in [0.15, 0.2) is 0 Å². The van der Waals surface area contributed by atoms with Crippen molar-refractivity contribution in [2.75, 3.05) is 13.1 Å². The fourth-order valence-corrected chi connectivity index (χ4v) is 3.43. The maximum Gasteiger partial charge on any atom is 0.410 e. The van der Waals surface area contributed by atoms with Crippen molar-refractivity contribution in [2.24, 2.45) is 0 Å². The van der Waals surface area contributed by atoms with E-state index in [2.05, 4.69) is 5.32 Å². The van der Waals surface area contributed by atoms with Crippen molar-refractivity contribution >= 4 is 12.0 Å². The van der Waals surface area contributed by atoms with Crippen molar-refractivity contribution in [1.29, 1.82) is 0 Å². The van der Waals surface area contributed by atoms with Gasteiger partial charge in [0.2, 0.25) is 5.91 Å². The SMILES string of the molecule is O=C(NCC1CN(C2CC2)C(=O)O1)C(c1ccccc1)c1ccccc1. The van der Waals surface area contributed by atoms with E-state index in [0.717, 1.165) is 24.0 Å². The lowest BCUT2D eigenvalue weighted by Gasteiger charge is -2.19. The Balaban J connectivity index is 1.44. The summed E-state index contributed by atoms with van der Waals surface area (Å²) in [5, 5.41) is 2.98. The molecule has 1 N–H and O–H groups in total. The van der Waals surface area contributed by atoms with Gasteiger partial charge in [-0.1, -0.05) is 60.7 Å². The summed E-state index contributed by atoms with van der Waals surface area (Å²) in [5.74, 6) is -0.461. The summed E-state index contributed by atoms with van der Waals surface area (Å²) < 4.78 is 5.39. The van der Waals surface area contributed by atoms with Crippen LogP contribution in [0.1, 0.15) is 29.9 Å². The summed E-state index contributed by atoms with van der Waals surface area (Å²) in [4.78, 5) is 26.6. The Kier molecular flexibility index (Phi) is 4.61. The second-order valence-electron chi connectivity index (χ2n) is 6.89. The molecule has 2 amide bonds.